The van der Waals surface area contributed by atoms with Gasteiger partial charge in [-0.15, -0.1) is 5.53 Å². The van der Waals surface area contributed by atoms with Gasteiger partial charge in [0.15, 0.2) is 0 Å². The number of benzene rings is 1. The molecular formula is C8H6N4. The molecule has 0 fully saturated rings. The van der Waals surface area contributed by atoms with Crippen molar-refractivity contribution in [2.75, 3.05) is 0 Å². The first-order valence-corrected chi connectivity index (χ1v) is 3.53. The molecule has 4 nitrogen and oxygen atoms in total. The number of aromatic nitrogens is 1. The smallest absolute Gasteiger partial charge is 0.143 e. The Kier molecular flexibility index (Phi) is 1.47. The number of nitrogens with zero attached hydrogens (tertiary/aromatic N) is 4. The molecule has 0 bridgehead atoms. The van der Waals surface area contributed by atoms with Crippen LogP contribution in [-0.2, 0) is 0 Å². The van der Waals surface area contributed by atoms with E-state index < -0.39 is 0 Å². The summed E-state index contributed by atoms with van der Waals surface area (Å²) in [5, 5.41) is 4.57. The molecule has 0 saturated carbocycles. The van der Waals surface area contributed by atoms with Crippen LogP contribution >= 0.6 is 0 Å². The SMILES string of the molecule is [N-]=[N+]=Nn1ccc2ccccc21. The van der Waals surface area contributed by atoms with E-state index in [2.05, 4.69) is 10.1 Å². The fourth-order valence-electron chi connectivity index (χ4n) is 1.19. The summed E-state index contributed by atoms with van der Waals surface area (Å²) < 4.78 is 1.51. The van der Waals surface area contributed by atoms with Gasteiger partial charge >= 0.3 is 0 Å². The van der Waals surface area contributed by atoms with E-state index in [-0.39, 0.29) is 0 Å². The molecule has 12 heavy (non-hydrogen) atoms. The maximum atomic E-state index is 8.24. The highest BCUT2D eigenvalue weighted by Crippen LogP contribution is 2.14. The first-order chi connectivity index (χ1) is 5.92. The zero-order valence-corrected chi connectivity index (χ0v) is 6.25. The first kappa shape index (κ1) is 6.76. The molecule has 58 valence electrons. The third-order valence-electron chi connectivity index (χ3n) is 1.72. The van der Waals surface area contributed by atoms with Crippen molar-refractivity contribution in [3.05, 3.63) is 47.0 Å². The number of hydrogen-bond donors (Lipinski definition) is 0. The van der Waals surface area contributed by atoms with Gasteiger partial charge < -0.3 is 0 Å². The fourth-order valence-corrected chi connectivity index (χ4v) is 1.19. The fraction of sp³-hybridized carbons (Fsp3) is 0. The van der Waals surface area contributed by atoms with Gasteiger partial charge in [-0.05, 0) is 17.4 Å². The molecule has 4 heteroatoms. The van der Waals surface area contributed by atoms with Gasteiger partial charge in [-0.3, -0.25) is 0 Å². The van der Waals surface area contributed by atoms with Gasteiger partial charge in [0.2, 0.25) is 0 Å². The van der Waals surface area contributed by atoms with E-state index in [4.69, 9.17) is 5.53 Å². The van der Waals surface area contributed by atoms with E-state index in [0.717, 1.165) is 10.9 Å². The molecule has 2 rings (SSSR count). The maximum absolute atomic E-state index is 8.24. The van der Waals surface area contributed by atoms with Gasteiger partial charge in [0, 0.05) is 5.39 Å². The Morgan fingerprint density at radius 1 is 1.25 bits per heavy atom. The van der Waals surface area contributed by atoms with Crippen molar-refractivity contribution in [3.63, 3.8) is 0 Å². The molecule has 0 unspecified atom stereocenters. The number of para-hydroxylation sites is 1. The molecule has 0 atom stereocenters. The predicted molar refractivity (Wildman–Crippen MR) is 46.5 cm³/mol. The van der Waals surface area contributed by atoms with Gasteiger partial charge in [-0.1, -0.05) is 18.2 Å². The summed E-state index contributed by atoms with van der Waals surface area (Å²) in [6.45, 7) is 0. The Morgan fingerprint density at radius 2 is 2.08 bits per heavy atom. The van der Waals surface area contributed by atoms with Gasteiger partial charge in [-0.25, -0.2) is 0 Å². The van der Waals surface area contributed by atoms with Crippen LogP contribution in [0.1, 0.15) is 0 Å². The topological polar surface area (TPSA) is 53.7 Å². The molecule has 1 heterocycles. The second-order valence-corrected chi connectivity index (χ2v) is 2.40. The highest BCUT2D eigenvalue weighted by atomic mass is 15.5. The van der Waals surface area contributed by atoms with Crippen LogP contribution < -0.4 is 0 Å². The third-order valence-corrected chi connectivity index (χ3v) is 1.72. The summed E-state index contributed by atoms with van der Waals surface area (Å²) in [4.78, 5) is 2.72. The van der Waals surface area contributed by atoms with Gasteiger partial charge in [-0.2, -0.15) is 9.59 Å². The molecule has 0 radical (unpaired) electrons. The largest absolute Gasteiger partial charge is 0.185 e. The van der Waals surface area contributed by atoms with Crippen LogP contribution in [0.25, 0.3) is 21.3 Å². The summed E-state index contributed by atoms with van der Waals surface area (Å²) in [7, 11) is 0. The number of fused-ring (bicyclic) bond motifs is 1. The molecule has 0 N–H and O–H groups in total. The minimum atomic E-state index is 0.926. The van der Waals surface area contributed by atoms with Gasteiger partial charge in [0.05, 0.1) is 0 Å². The number of hydrogen-bond acceptors (Lipinski definition) is 1. The van der Waals surface area contributed by atoms with Crippen LogP contribution in [0, 0.1) is 0 Å². The standard InChI is InChI=1S/C8H6N4/c9-10-11-12-6-5-7-3-1-2-4-8(7)12/h1-6H. The van der Waals surface area contributed by atoms with E-state index in [9.17, 15) is 0 Å². The molecule has 0 aliphatic carbocycles. The van der Waals surface area contributed by atoms with Crippen LogP contribution in [0.15, 0.2) is 41.8 Å². The Bertz CT molecular complexity index is 451. The summed E-state index contributed by atoms with van der Waals surface area (Å²) in [6, 6.07) is 9.64. The van der Waals surface area contributed by atoms with Crippen LogP contribution in [-0.4, -0.2) is 4.68 Å². The second-order valence-electron chi connectivity index (χ2n) is 2.40. The molecular weight excluding hydrogens is 152 g/mol. The van der Waals surface area contributed by atoms with E-state index in [1.165, 1.54) is 4.68 Å². The van der Waals surface area contributed by atoms with Crippen molar-refractivity contribution in [2.45, 2.75) is 0 Å². The van der Waals surface area contributed by atoms with Crippen LogP contribution in [0.5, 0.6) is 0 Å². The lowest BCUT2D eigenvalue weighted by molar-refractivity contribution is 0.907. The van der Waals surface area contributed by atoms with Gasteiger partial charge in [0.1, 0.15) is 11.7 Å². The van der Waals surface area contributed by atoms with Crippen LogP contribution in [0.2, 0.25) is 0 Å². The lowest BCUT2D eigenvalue weighted by Gasteiger charge is -1.88. The molecule has 0 amide bonds. The van der Waals surface area contributed by atoms with E-state index >= 15 is 0 Å². The normalized spacial score (nSPS) is 9.67. The average Bonchev–Trinajstić information content (AvgIpc) is 2.50. The zero-order valence-electron chi connectivity index (χ0n) is 6.25. The van der Waals surface area contributed by atoms with Crippen molar-refractivity contribution in [3.8, 4) is 0 Å². The van der Waals surface area contributed by atoms with Crippen molar-refractivity contribution in [2.24, 2.45) is 5.22 Å². The highest BCUT2D eigenvalue weighted by molar-refractivity contribution is 5.79. The lowest BCUT2D eigenvalue weighted by atomic mass is 10.3. The first-order valence-electron chi connectivity index (χ1n) is 3.53. The van der Waals surface area contributed by atoms with Crippen LogP contribution in [0.3, 0.4) is 0 Å². The predicted octanol–water partition coefficient (Wildman–Crippen LogP) is 2.71. The Balaban J connectivity index is 2.78. The number of rotatable bonds is 1. The quantitative estimate of drug-likeness (QED) is 0.348. The van der Waals surface area contributed by atoms with E-state index in [0.29, 0.717) is 0 Å². The third kappa shape index (κ3) is 0.909. The van der Waals surface area contributed by atoms with Crippen molar-refractivity contribution in [1.29, 1.82) is 0 Å². The monoisotopic (exact) mass is 158 g/mol. The Hall–Kier alpha value is -1.93. The average molecular weight is 158 g/mol. The molecule has 1 aromatic carbocycles. The number of azide groups is 1. The maximum Gasteiger partial charge on any atom is 0.143 e. The zero-order chi connectivity index (χ0) is 8.39. The molecule has 0 saturated heterocycles. The molecule has 0 aliphatic heterocycles. The van der Waals surface area contributed by atoms with E-state index in [1.54, 1.807) is 6.20 Å². The second kappa shape index (κ2) is 2.60. The summed E-state index contributed by atoms with van der Waals surface area (Å²) in [6.07, 6.45) is 1.74. The Morgan fingerprint density at radius 3 is 2.92 bits per heavy atom. The summed E-state index contributed by atoms with van der Waals surface area (Å²) >= 11 is 0. The Labute approximate surface area is 68.6 Å². The molecule has 2 aromatic rings. The van der Waals surface area contributed by atoms with Gasteiger partial charge in [0.25, 0.3) is 0 Å². The summed E-state index contributed by atoms with van der Waals surface area (Å²) in [5.74, 6) is 0. The minimum absolute atomic E-state index is 0.926. The molecule has 0 aliphatic rings. The highest BCUT2D eigenvalue weighted by Gasteiger charge is 1.99. The lowest BCUT2D eigenvalue weighted by Crippen LogP contribution is -1.80. The minimum Gasteiger partial charge on any atom is -0.185 e. The van der Waals surface area contributed by atoms with Crippen molar-refractivity contribution >= 4 is 10.9 Å². The van der Waals surface area contributed by atoms with Crippen molar-refractivity contribution < 1.29 is 0 Å². The molecule has 1 aromatic heterocycles. The van der Waals surface area contributed by atoms with Crippen LogP contribution in [0.4, 0.5) is 0 Å². The van der Waals surface area contributed by atoms with E-state index in [1.807, 2.05) is 30.3 Å². The van der Waals surface area contributed by atoms with Crippen molar-refractivity contribution in [1.82, 2.24) is 4.68 Å². The summed E-state index contributed by atoms with van der Waals surface area (Å²) in [5.41, 5.74) is 9.16. The molecule has 0 spiro atoms.